The van der Waals surface area contributed by atoms with E-state index < -0.39 is 5.92 Å². The van der Waals surface area contributed by atoms with E-state index in [1.165, 1.54) is 0 Å². The van der Waals surface area contributed by atoms with Crippen LogP contribution in [0.3, 0.4) is 0 Å². The Morgan fingerprint density at radius 3 is 2.88 bits per heavy atom. The molecule has 0 aromatic carbocycles. The fourth-order valence-electron chi connectivity index (χ4n) is 1.65. The summed E-state index contributed by atoms with van der Waals surface area (Å²) in [6, 6.07) is 1.89. The third kappa shape index (κ3) is 3.59. The lowest BCUT2D eigenvalue weighted by atomic mass is 10.0. The topological polar surface area (TPSA) is 81.6 Å². The highest BCUT2D eigenvalue weighted by Crippen LogP contribution is 2.13. The fourth-order valence-corrected chi connectivity index (χ4v) is 1.65. The van der Waals surface area contributed by atoms with E-state index in [9.17, 15) is 4.79 Å². The Morgan fingerprint density at radius 2 is 2.41 bits per heavy atom. The maximum absolute atomic E-state index is 11.9. The second-order valence-electron chi connectivity index (χ2n) is 3.91. The van der Waals surface area contributed by atoms with Gasteiger partial charge in [-0.25, -0.2) is 4.98 Å². The van der Waals surface area contributed by atoms with E-state index in [1.54, 1.807) is 12.4 Å². The van der Waals surface area contributed by atoms with Gasteiger partial charge in [-0.1, -0.05) is 20.3 Å². The van der Waals surface area contributed by atoms with Gasteiger partial charge in [0, 0.05) is 12.4 Å². The monoisotopic (exact) mass is 234 g/mol. The highest BCUT2D eigenvalue weighted by Gasteiger charge is 2.21. The molecule has 0 radical (unpaired) electrons. The number of rotatable bonds is 6. The van der Waals surface area contributed by atoms with Crippen LogP contribution in [0.1, 0.15) is 45.0 Å². The van der Waals surface area contributed by atoms with Crippen LogP contribution in [0.15, 0.2) is 12.4 Å². The molecular weight excluding hydrogens is 216 g/mol. The van der Waals surface area contributed by atoms with Gasteiger partial charge in [0.1, 0.15) is 11.7 Å². The van der Waals surface area contributed by atoms with E-state index in [1.807, 2.05) is 19.9 Å². The minimum Gasteiger partial charge on any atom is -0.347 e. The number of carbonyl (C=O) groups is 1. The summed E-state index contributed by atoms with van der Waals surface area (Å²) in [6.45, 7) is 3.93. The largest absolute Gasteiger partial charge is 0.347 e. The molecule has 0 fully saturated rings. The van der Waals surface area contributed by atoms with E-state index in [-0.39, 0.29) is 11.9 Å². The van der Waals surface area contributed by atoms with Crippen LogP contribution in [-0.4, -0.2) is 15.9 Å². The molecule has 5 nitrogen and oxygen atoms in total. The minimum absolute atomic E-state index is 0.148. The maximum atomic E-state index is 11.9. The molecule has 2 N–H and O–H groups in total. The maximum Gasteiger partial charge on any atom is 0.237 e. The Labute approximate surface area is 101 Å². The van der Waals surface area contributed by atoms with Crippen molar-refractivity contribution in [1.29, 1.82) is 5.26 Å². The first kappa shape index (κ1) is 13.2. The van der Waals surface area contributed by atoms with Crippen molar-refractivity contribution in [1.82, 2.24) is 15.3 Å². The Morgan fingerprint density at radius 1 is 1.65 bits per heavy atom. The highest BCUT2D eigenvalue weighted by atomic mass is 16.1. The van der Waals surface area contributed by atoms with Crippen molar-refractivity contribution in [2.45, 2.75) is 39.2 Å². The third-order valence-electron chi connectivity index (χ3n) is 2.62. The van der Waals surface area contributed by atoms with Gasteiger partial charge in [0.25, 0.3) is 0 Å². The molecule has 0 spiro atoms. The zero-order valence-corrected chi connectivity index (χ0v) is 10.2. The second kappa shape index (κ2) is 6.69. The number of hydrogen-bond acceptors (Lipinski definition) is 3. The lowest BCUT2D eigenvalue weighted by molar-refractivity contribution is -0.124. The zero-order valence-electron chi connectivity index (χ0n) is 10.2. The number of nitrogens with one attached hydrogen (secondary N) is 2. The van der Waals surface area contributed by atoms with Crippen LogP contribution in [0.5, 0.6) is 0 Å². The van der Waals surface area contributed by atoms with Crippen molar-refractivity contribution < 1.29 is 4.79 Å². The summed E-state index contributed by atoms with van der Waals surface area (Å²) in [6.07, 6.45) is 5.53. The second-order valence-corrected chi connectivity index (χ2v) is 3.91. The first-order valence-electron chi connectivity index (χ1n) is 5.92. The van der Waals surface area contributed by atoms with Crippen LogP contribution in [0.2, 0.25) is 0 Å². The molecule has 92 valence electrons. The molecule has 17 heavy (non-hydrogen) atoms. The summed E-state index contributed by atoms with van der Waals surface area (Å²) in [4.78, 5) is 18.9. The lowest BCUT2D eigenvalue weighted by Gasteiger charge is -2.16. The van der Waals surface area contributed by atoms with E-state index >= 15 is 0 Å². The molecule has 2 atom stereocenters. The molecule has 1 rings (SSSR count). The Bertz CT molecular complexity index is 380. The standard InChI is InChI=1S/C12H18N4O/c1-3-5-9(8-13)12(17)16-10(4-2)11-14-6-7-15-11/h6-7,9-10H,3-5H2,1-2H3,(H,14,15)(H,16,17). The number of hydrogen-bond donors (Lipinski definition) is 2. The average Bonchev–Trinajstić information content (AvgIpc) is 2.86. The number of carbonyl (C=O) groups excluding carboxylic acids is 1. The predicted molar refractivity (Wildman–Crippen MR) is 63.8 cm³/mol. The number of aromatic nitrogens is 2. The summed E-state index contributed by atoms with van der Waals surface area (Å²) >= 11 is 0. The predicted octanol–water partition coefficient (Wildman–Crippen LogP) is 1.92. The van der Waals surface area contributed by atoms with Gasteiger partial charge in [-0.05, 0) is 12.8 Å². The Kier molecular flexibility index (Phi) is 5.21. The minimum atomic E-state index is -0.566. The summed E-state index contributed by atoms with van der Waals surface area (Å²) in [5, 5.41) is 11.8. The SMILES string of the molecule is CCCC(C#N)C(=O)NC(CC)c1ncc[nH]1. The fraction of sp³-hybridized carbons (Fsp3) is 0.583. The van der Waals surface area contributed by atoms with Crippen LogP contribution in [0, 0.1) is 17.2 Å². The van der Waals surface area contributed by atoms with Gasteiger partial charge < -0.3 is 10.3 Å². The van der Waals surface area contributed by atoms with Crippen molar-refractivity contribution in [3.8, 4) is 6.07 Å². The smallest absolute Gasteiger partial charge is 0.237 e. The summed E-state index contributed by atoms with van der Waals surface area (Å²) in [5.74, 6) is -0.0457. The molecule has 5 heteroatoms. The molecule has 1 heterocycles. The molecular formula is C12H18N4O. The third-order valence-corrected chi connectivity index (χ3v) is 2.62. The molecule has 1 aromatic rings. The van der Waals surface area contributed by atoms with Crippen LogP contribution < -0.4 is 5.32 Å². The number of aromatic amines is 1. The Balaban J connectivity index is 2.63. The van der Waals surface area contributed by atoms with Crippen molar-refractivity contribution in [2.75, 3.05) is 0 Å². The van der Waals surface area contributed by atoms with E-state index in [0.717, 1.165) is 18.7 Å². The number of amides is 1. The molecule has 0 aliphatic carbocycles. The molecule has 0 saturated carbocycles. The molecule has 1 amide bonds. The molecule has 0 bridgehead atoms. The summed E-state index contributed by atoms with van der Waals surface area (Å²) in [7, 11) is 0. The molecule has 0 aliphatic rings. The van der Waals surface area contributed by atoms with E-state index in [2.05, 4.69) is 15.3 Å². The molecule has 0 saturated heterocycles. The highest BCUT2D eigenvalue weighted by molar-refractivity contribution is 5.81. The van der Waals surface area contributed by atoms with Crippen molar-refractivity contribution in [3.05, 3.63) is 18.2 Å². The number of H-pyrrole nitrogens is 1. The molecule has 0 aliphatic heterocycles. The quantitative estimate of drug-likeness (QED) is 0.788. The molecule has 2 unspecified atom stereocenters. The van der Waals surface area contributed by atoms with Gasteiger partial charge in [-0.15, -0.1) is 0 Å². The normalized spacial score (nSPS) is 13.7. The van der Waals surface area contributed by atoms with Crippen LogP contribution in [0.4, 0.5) is 0 Å². The average molecular weight is 234 g/mol. The summed E-state index contributed by atoms with van der Waals surface area (Å²) in [5.41, 5.74) is 0. The van der Waals surface area contributed by atoms with Gasteiger partial charge in [0.05, 0.1) is 12.1 Å². The van der Waals surface area contributed by atoms with Gasteiger partial charge >= 0.3 is 0 Å². The van der Waals surface area contributed by atoms with Gasteiger partial charge in [-0.3, -0.25) is 4.79 Å². The van der Waals surface area contributed by atoms with E-state index in [0.29, 0.717) is 6.42 Å². The van der Waals surface area contributed by atoms with Crippen molar-refractivity contribution >= 4 is 5.91 Å². The van der Waals surface area contributed by atoms with Crippen LogP contribution in [-0.2, 0) is 4.79 Å². The number of nitrogens with zero attached hydrogens (tertiary/aromatic N) is 2. The van der Waals surface area contributed by atoms with Crippen molar-refractivity contribution in [3.63, 3.8) is 0 Å². The van der Waals surface area contributed by atoms with Gasteiger partial charge in [0.15, 0.2) is 0 Å². The van der Waals surface area contributed by atoms with Gasteiger partial charge in [0.2, 0.25) is 5.91 Å². The number of imidazole rings is 1. The number of nitriles is 1. The molecule has 1 aromatic heterocycles. The first-order valence-corrected chi connectivity index (χ1v) is 5.92. The van der Waals surface area contributed by atoms with E-state index in [4.69, 9.17) is 5.26 Å². The zero-order chi connectivity index (χ0) is 12.7. The first-order chi connectivity index (χ1) is 8.22. The summed E-state index contributed by atoms with van der Waals surface area (Å²) < 4.78 is 0. The van der Waals surface area contributed by atoms with Crippen molar-refractivity contribution in [2.24, 2.45) is 5.92 Å². The van der Waals surface area contributed by atoms with Crippen LogP contribution in [0.25, 0.3) is 0 Å². The van der Waals surface area contributed by atoms with Gasteiger partial charge in [-0.2, -0.15) is 5.26 Å². The lowest BCUT2D eigenvalue weighted by Crippen LogP contribution is -2.33. The Hall–Kier alpha value is -1.83. The van der Waals surface area contributed by atoms with Crippen LogP contribution >= 0.6 is 0 Å².